The van der Waals surface area contributed by atoms with Crippen LogP contribution in [0.1, 0.15) is 29.7 Å². The third kappa shape index (κ3) is 2.75. The van der Waals surface area contributed by atoms with Gasteiger partial charge in [0.05, 0.1) is 12.1 Å². The first-order chi connectivity index (χ1) is 9.02. The Morgan fingerprint density at radius 3 is 2.63 bits per heavy atom. The molecule has 0 saturated heterocycles. The lowest BCUT2D eigenvalue weighted by Gasteiger charge is -2.05. The fourth-order valence-electron chi connectivity index (χ4n) is 2.30. The molecule has 0 radical (unpaired) electrons. The Balaban J connectivity index is 2.10. The molecule has 2 aromatic heterocycles. The van der Waals surface area contributed by atoms with Crippen LogP contribution in [-0.4, -0.2) is 25.1 Å². The maximum absolute atomic E-state index is 12.2. The van der Waals surface area contributed by atoms with Gasteiger partial charge in [-0.3, -0.25) is 9.48 Å². The second kappa shape index (κ2) is 5.38. The molecule has 102 valence electrons. The van der Waals surface area contributed by atoms with Gasteiger partial charge in [0.15, 0.2) is 0 Å². The first-order valence-electron chi connectivity index (χ1n) is 6.53. The van der Waals surface area contributed by atoms with E-state index in [4.69, 9.17) is 0 Å². The maximum atomic E-state index is 12.2. The molecule has 0 saturated carbocycles. The van der Waals surface area contributed by atoms with Crippen LogP contribution in [0.4, 0.5) is 0 Å². The van der Waals surface area contributed by atoms with E-state index >= 15 is 0 Å². The summed E-state index contributed by atoms with van der Waals surface area (Å²) in [4.78, 5) is 16.4. The highest BCUT2D eigenvalue weighted by molar-refractivity contribution is 5.82. The van der Waals surface area contributed by atoms with Crippen molar-refractivity contribution < 1.29 is 4.79 Å². The van der Waals surface area contributed by atoms with E-state index in [-0.39, 0.29) is 5.78 Å². The summed E-state index contributed by atoms with van der Waals surface area (Å²) < 4.78 is 3.83. The molecule has 0 unspecified atom stereocenters. The highest BCUT2D eigenvalue weighted by Crippen LogP contribution is 2.14. The molecule has 5 heteroatoms. The monoisotopic (exact) mass is 260 g/mol. The molecule has 2 rings (SSSR count). The van der Waals surface area contributed by atoms with Crippen molar-refractivity contribution in [2.24, 2.45) is 7.05 Å². The molecule has 0 fully saturated rings. The third-order valence-corrected chi connectivity index (χ3v) is 3.53. The van der Waals surface area contributed by atoms with Gasteiger partial charge in [0.25, 0.3) is 0 Å². The summed E-state index contributed by atoms with van der Waals surface area (Å²) in [6.07, 6.45) is 4.46. The van der Waals surface area contributed by atoms with E-state index in [9.17, 15) is 4.79 Å². The zero-order chi connectivity index (χ0) is 14.0. The van der Waals surface area contributed by atoms with E-state index in [1.807, 2.05) is 43.3 Å². The van der Waals surface area contributed by atoms with Crippen molar-refractivity contribution in [1.82, 2.24) is 19.3 Å². The third-order valence-electron chi connectivity index (χ3n) is 3.53. The molecule has 0 aromatic carbocycles. The molecular formula is C14H20N4O. The van der Waals surface area contributed by atoms with E-state index in [1.165, 1.54) is 0 Å². The molecule has 0 aliphatic rings. The zero-order valence-corrected chi connectivity index (χ0v) is 12.0. The molecular weight excluding hydrogens is 240 g/mol. The smallest absolute Gasteiger partial charge is 0.144 e. The van der Waals surface area contributed by atoms with Crippen LogP contribution in [0.5, 0.6) is 0 Å². The van der Waals surface area contributed by atoms with Crippen LogP contribution in [0.15, 0.2) is 12.4 Å². The zero-order valence-electron chi connectivity index (χ0n) is 12.0. The lowest BCUT2D eigenvalue weighted by Crippen LogP contribution is -2.12. The Morgan fingerprint density at radius 2 is 2.05 bits per heavy atom. The summed E-state index contributed by atoms with van der Waals surface area (Å²) in [5.41, 5.74) is 3.04. The average Bonchev–Trinajstić information content (AvgIpc) is 2.89. The van der Waals surface area contributed by atoms with E-state index < -0.39 is 0 Å². The van der Waals surface area contributed by atoms with Crippen molar-refractivity contribution >= 4 is 5.78 Å². The second-order valence-corrected chi connectivity index (χ2v) is 4.79. The predicted molar refractivity (Wildman–Crippen MR) is 73.0 cm³/mol. The highest BCUT2D eigenvalue weighted by atomic mass is 16.1. The van der Waals surface area contributed by atoms with Gasteiger partial charge in [-0.05, 0) is 20.8 Å². The van der Waals surface area contributed by atoms with Gasteiger partial charge in [-0.15, -0.1) is 0 Å². The first kappa shape index (κ1) is 13.5. The van der Waals surface area contributed by atoms with Crippen molar-refractivity contribution in [1.29, 1.82) is 0 Å². The van der Waals surface area contributed by atoms with Gasteiger partial charge < -0.3 is 4.57 Å². The van der Waals surface area contributed by atoms with Gasteiger partial charge in [0.2, 0.25) is 0 Å². The average molecular weight is 260 g/mol. The van der Waals surface area contributed by atoms with Crippen LogP contribution in [-0.2, 0) is 31.2 Å². The number of aromatic nitrogens is 4. The van der Waals surface area contributed by atoms with Crippen molar-refractivity contribution in [3.63, 3.8) is 0 Å². The summed E-state index contributed by atoms with van der Waals surface area (Å²) in [6, 6.07) is 0. The quantitative estimate of drug-likeness (QED) is 0.820. The molecule has 5 nitrogen and oxygen atoms in total. The molecule has 0 aliphatic carbocycles. The second-order valence-electron chi connectivity index (χ2n) is 4.79. The van der Waals surface area contributed by atoms with Crippen LogP contribution in [0.3, 0.4) is 0 Å². The van der Waals surface area contributed by atoms with Crippen LogP contribution < -0.4 is 0 Å². The summed E-state index contributed by atoms with van der Waals surface area (Å²) >= 11 is 0. The number of rotatable bonds is 5. The molecule has 0 bridgehead atoms. The molecule has 0 N–H and O–H groups in total. The topological polar surface area (TPSA) is 52.7 Å². The van der Waals surface area contributed by atoms with Gasteiger partial charge in [0.1, 0.15) is 11.6 Å². The van der Waals surface area contributed by atoms with Gasteiger partial charge in [-0.1, -0.05) is 0 Å². The molecule has 0 spiro atoms. The number of nitrogens with zero attached hydrogens (tertiary/aromatic N) is 4. The summed E-state index contributed by atoms with van der Waals surface area (Å²) in [5, 5.41) is 4.34. The summed E-state index contributed by atoms with van der Waals surface area (Å²) in [6.45, 7) is 6.83. The van der Waals surface area contributed by atoms with Gasteiger partial charge in [-0.25, -0.2) is 4.98 Å². The lowest BCUT2D eigenvalue weighted by atomic mass is 10.1. The van der Waals surface area contributed by atoms with Crippen molar-refractivity contribution in [3.8, 4) is 0 Å². The van der Waals surface area contributed by atoms with Gasteiger partial charge >= 0.3 is 0 Å². The first-order valence-corrected chi connectivity index (χ1v) is 6.53. The Kier molecular flexibility index (Phi) is 3.83. The number of aryl methyl sites for hydroxylation is 3. The minimum absolute atomic E-state index is 0.181. The number of hydrogen-bond acceptors (Lipinski definition) is 3. The van der Waals surface area contributed by atoms with Crippen LogP contribution in [0.25, 0.3) is 0 Å². The molecule has 19 heavy (non-hydrogen) atoms. The summed E-state index contributed by atoms with van der Waals surface area (Å²) in [7, 11) is 1.90. The number of Topliss-reactive ketones (excluding diaryl/α,β-unsaturated/α-hetero) is 1. The van der Waals surface area contributed by atoms with E-state index in [1.54, 1.807) is 6.20 Å². The van der Waals surface area contributed by atoms with E-state index in [2.05, 4.69) is 10.1 Å². The van der Waals surface area contributed by atoms with Crippen LogP contribution >= 0.6 is 0 Å². The van der Waals surface area contributed by atoms with E-state index in [0.717, 1.165) is 29.3 Å². The molecule has 0 amide bonds. The Bertz CT molecular complexity index is 595. The van der Waals surface area contributed by atoms with Crippen molar-refractivity contribution in [2.75, 3.05) is 0 Å². The molecule has 0 aliphatic heterocycles. The molecule has 2 heterocycles. The predicted octanol–water partition coefficient (Wildman–Crippen LogP) is 1.61. The van der Waals surface area contributed by atoms with Crippen molar-refractivity contribution in [3.05, 3.63) is 35.2 Å². The van der Waals surface area contributed by atoms with Gasteiger partial charge in [-0.2, -0.15) is 5.10 Å². The van der Waals surface area contributed by atoms with Crippen LogP contribution in [0, 0.1) is 13.8 Å². The van der Waals surface area contributed by atoms with Crippen LogP contribution in [0.2, 0.25) is 0 Å². The van der Waals surface area contributed by atoms with E-state index in [0.29, 0.717) is 12.8 Å². The SMILES string of the molecule is CCn1ccnc1CC(=O)Cc1c(C)nn(C)c1C. The minimum atomic E-state index is 0.181. The minimum Gasteiger partial charge on any atom is -0.335 e. The Hall–Kier alpha value is -1.91. The highest BCUT2D eigenvalue weighted by Gasteiger charge is 2.15. The normalized spacial score (nSPS) is 10.9. The standard InChI is InChI=1S/C14H20N4O/c1-5-18-7-6-15-14(18)9-12(19)8-13-10(2)16-17(4)11(13)3/h6-7H,5,8-9H2,1-4H3. The Morgan fingerprint density at radius 1 is 1.32 bits per heavy atom. The van der Waals surface area contributed by atoms with Crippen molar-refractivity contribution in [2.45, 2.75) is 40.2 Å². The number of carbonyl (C=O) groups is 1. The fourth-order valence-corrected chi connectivity index (χ4v) is 2.30. The largest absolute Gasteiger partial charge is 0.335 e. The number of imidazole rings is 1. The molecule has 0 atom stereocenters. The maximum Gasteiger partial charge on any atom is 0.144 e. The van der Waals surface area contributed by atoms with Gasteiger partial charge in [0, 0.05) is 43.7 Å². The fraction of sp³-hybridized carbons (Fsp3) is 0.500. The molecule has 2 aromatic rings. The summed E-state index contributed by atoms with van der Waals surface area (Å²) in [5.74, 6) is 1.02. The number of ketones is 1. The number of hydrogen-bond donors (Lipinski definition) is 0. The Labute approximate surface area is 113 Å². The number of carbonyl (C=O) groups excluding carboxylic acids is 1. The lowest BCUT2D eigenvalue weighted by molar-refractivity contribution is -0.117.